The highest BCUT2D eigenvalue weighted by Crippen LogP contribution is 2.33. The number of ether oxygens (including phenoxy) is 1. The number of guanidine groups is 1. The van der Waals surface area contributed by atoms with Crippen molar-refractivity contribution >= 4 is 28.5 Å². The monoisotopic (exact) mass is 523 g/mol. The topological polar surface area (TPSA) is 89.8 Å². The molecule has 1 aliphatic rings. The normalized spacial score (nSPS) is 15.8. The molecule has 0 bridgehead atoms. The van der Waals surface area contributed by atoms with Crippen LogP contribution in [0.5, 0.6) is 5.75 Å². The molecule has 5 aromatic rings. The average Bonchev–Trinajstić information content (AvgIpc) is 3.66. The highest BCUT2D eigenvalue weighted by molar-refractivity contribution is 6.19. The molecule has 1 aliphatic heterocycles. The molecule has 1 atom stereocenters. The highest BCUT2D eigenvalue weighted by atomic mass is 35.5. The third kappa shape index (κ3) is 4.93. The molecule has 1 saturated heterocycles. The maximum Gasteiger partial charge on any atom is 0.249 e. The van der Waals surface area contributed by atoms with Gasteiger partial charge in [-0.25, -0.2) is 0 Å². The van der Waals surface area contributed by atoms with Gasteiger partial charge in [0.2, 0.25) is 17.7 Å². The summed E-state index contributed by atoms with van der Waals surface area (Å²) in [5, 5.41) is 6.35. The summed E-state index contributed by atoms with van der Waals surface area (Å²) in [4.78, 5) is 6.54. The van der Waals surface area contributed by atoms with E-state index in [-0.39, 0.29) is 12.0 Å². The van der Waals surface area contributed by atoms with Gasteiger partial charge in [-0.15, -0.1) is 4.51 Å². The van der Waals surface area contributed by atoms with Crippen LogP contribution in [0.2, 0.25) is 0 Å². The number of rotatable bonds is 6. The summed E-state index contributed by atoms with van der Waals surface area (Å²) < 4.78 is 15.3. The van der Waals surface area contributed by atoms with Gasteiger partial charge in [-0.05, 0) is 58.5 Å². The predicted octanol–water partition coefficient (Wildman–Crippen LogP) is 6.74. The molecule has 6 rings (SSSR count). The molecule has 0 amide bonds. The van der Waals surface area contributed by atoms with E-state index in [1.54, 1.807) is 0 Å². The van der Waals surface area contributed by atoms with Crippen molar-refractivity contribution in [2.45, 2.75) is 25.5 Å². The Morgan fingerprint density at radius 3 is 2.50 bits per heavy atom. The van der Waals surface area contributed by atoms with E-state index in [9.17, 15) is 0 Å². The fourth-order valence-corrected chi connectivity index (χ4v) is 4.97. The van der Waals surface area contributed by atoms with Crippen LogP contribution in [-0.2, 0) is 6.61 Å². The van der Waals surface area contributed by atoms with Crippen molar-refractivity contribution < 1.29 is 9.26 Å². The van der Waals surface area contributed by atoms with E-state index in [2.05, 4.69) is 57.1 Å². The number of likely N-dealkylation sites (tertiary alicyclic amines) is 1. The number of hydrogen-bond donors (Lipinski definition) is 1. The molecule has 1 fully saturated rings. The van der Waals surface area contributed by atoms with Gasteiger partial charge in [-0.3, -0.25) is 0 Å². The Balaban J connectivity index is 1.14. The Kier molecular flexibility index (Phi) is 6.67. The van der Waals surface area contributed by atoms with Crippen molar-refractivity contribution in [3.63, 3.8) is 0 Å². The zero-order valence-corrected chi connectivity index (χ0v) is 21.4. The fourth-order valence-electron chi connectivity index (χ4n) is 4.88. The van der Waals surface area contributed by atoms with E-state index in [1.807, 2.05) is 53.4 Å². The van der Waals surface area contributed by atoms with Crippen molar-refractivity contribution in [3.8, 4) is 28.3 Å². The first-order valence-corrected chi connectivity index (χ1v) is 12.9. The average molecular weight is 524 g/mol. The number of hydrogen-bond acceptors (Lipinski definition) is 5. The molecule has 0 radical (unpaired) electrons. The largest absolute Gasteiger partial charge is 0.489 e. The van der Waals surface area contributed by atoms with Gasteiger partial charge >= 0.3 is 0 Å². The molecule has 38 heavy (non-hydrogen) atoms. The quantitative estimate of drug-likeness (QED) is 0.196. The molecular formula is C30H26ClN5O2. The number of nitrogens with two attached hydrogens (primary N) is 1. The van der Waals surface area contributed by atoms with Gasteiger partial charge in [0.05, 0.1) is 0 Å². The van der Waals surface area contributed by atoms with Crippen molar-refractivity contribution in [1.29, 1.82) is 0 Å². The predicted molar refractivity (Wildman–Crippen MR) is 150 cm³/mol. The first-order valence-electron chi connectivity index (χ1n) is 12.5. The number of halogens is 1. The second-order valence-corrected chi connectivity index (χ2v) is 9.49. The van der Waals surface area contributed by atoms with Gasteiger partial charge in [0.15, 0.2) is 0 Å². The van der Waals surface area contributed by atoms with Crippen molar-refractivity contribution in [2.75, 3.05) is 6.54 Å². The van der Waals surface area contributed by atoms with Crippen LogP contribution >= 0.6 is 11.8 Å². The summed E-state index contributed by atoms with van der Waals surface area (Å²) in [7, 11) is 0. The van der Waals surface area contributed by atoms with Crippen LogP contribution in [0.4, 0.5) is 0 Å². The Morgan fingerprint density at radius 1 is 0.947 bits per heavy atom. The van der Waals surface area contributed by atoms with Crippen LogP contribution in [0.25, 0.3) is 33.3 Å². The number of benzene rings is 4. The van der Waals surface area contributed by atoms with Crippen LogP contribution < -0.4 is 10.5 Å². The lowest BCUT2D eigenvalue weighted by Gasteiger charge is -2.21. The van der Waals surface area contributed by atoms with Crippen molar-refractivity contribution in [2.24, 2.45) is 10.2 Å². The molecule has 7 nitrogen and oxygen atoms in total. The Labute approximate surface area is 225 Å². The molecular weight excluding hydrogens is 498 g/mol. The van der Waals surface area contributed by atoms with Gasteiger partial charge in [0.1, 0.15) is 18.4 Å². The first-order chi connectivity index (χ1) is 18.7. The van der Waals surface area contributed by atoms with Gasteiger partial charge in [-0.2, -0.15) is 4.98 Å². The van der Waals surface area contributed by atoms with E-state index < -0.39 is 0 Å². The minimum atomic E-state index is -0.117. The third-order valence-corrected chi connectivity index (χ3v) is 7.07. The van der Waals surface area contributed by atoms with E-state index in [0.717, 1.165) is 47.0 Å². The molecule has 0 unspecified atom stereocenters. The highest BCUT2D eigenvalue weighted by Gasteiger charge is 2.32. The molecule has 8 heteroatoms. The summed E-state index contributed by atoms with van der Waals surface area (Å²) in [5.74, 6) is 2.14. The van der Waals surface area contributed by atoms with Gasteiger partial charge in [-0.1, -0.05) is 78.0 Å². The zero-order valence-electron chi connectivity index (χ0n) is 20.6. The Bertz CT molecular complexity index is 1580. The van der Waals surface area contributed by atoms with Crippen LogP contribution in [-0.4, -0.2) is 27.5 Å². The fraction of sp³-hybridized carbons (Fsp3) is 0.167. The molecule has 2 heterocycles. The van der Waals surface area contributed by atoms with Gasteiger partial charge in [0.25, 0.3) is 0 Å². The van der Waals surface area contributed by atoms with Crippen LogP contribution in [0.15, 0.2) is 100 Å². The molecule has 1 aromatic heterocycles. The molecule has 0 saturated carbocycles. The lowest BCUT2D eigenvalue weighted by atomic mass is 10.0. The van der Waals surface area contributed by atoms with Crippen LogP contribution in [0.1, 0.15) is 30.3 Å². The summed E-state index contributed by atoms with van der Waals surface area (Å²) in [5.41, 5.74) is 10.3. The van der Waals surface area contributed by atoms with Crippen LogP contribution in [0, 0.1) is 0 Å². The SMILES string of the molecule is NC(=NCl)N1CCC[C@H]1c1nc(-c2ccc3cc(OCc4ccc(-c5ccccc5)cc4)ccc3c2)no1. The minimum absolute atomic E-state index is 0.117. The van der Waals surface area contributed by atoms with Gasteiger partial charge < -0.3 is 19.9 Å². The summed E-state index contributed by atoms with van der Waals surface area (Å²) >= 11 is 5.58. The maximum absolute atomic E-state index is 6.09. The van der Waals surface area contributed by atoms with E-state index >= 15 is 0 Å². The molecule has 2 N–H and O–H groups in total. The zero-order chi connectivity index (χ0) is 25.9. The van der Waals surface area contributed by atoms with Crippen LogP contribution in [0.3, 0.4) is 0 Å². The third-order valence-electron chi connectivity index (χ3n) is 6.90. The van der Waals surface area contributed by atoms with Crippen molar-refractivity contribution in [3.05, 3.63) is 102 Å². The Hall–Kier alpha value is -4.36. The standard InChI is InChI=1S/C30H26ClN5O2/c31-34-30(32)36-16-4-7-27(36)29-33-28(35-38-29)25-13-12-24-18-26(15-14-23(24)17-25)37-19-20-8-10-22(11-9-20)21-5-2-1-3-6-21/h1-3,5-6,8-15,17-18,27H,4,7,16,19H2,(H2,32,34)/t27-/m0/s1. The second-order valence-electron chi connectivity index (χ2n) is 9.33. The summed E-state index contributed by atoms with van der Waals surface area (Å²) in [6, 6.07) is 30.9. The maximum atomic E-state index is 6.09. The number of aromatic nitrogens is 2. The Morgan fingerprint density at radius 2 is 1.68 bits per heavy atom. The molecule has 190 valence electrons. The molecule has 0 aliphatic carbocycles. The minimum Gasteiger partial charge on any atom is -0.489 e. The van der Waals surface area contributed by atoms with E-state index in [4.69, 9.17) is 26.8 Å². The number of fused-ring (bicyclic) bond motifs is 1. The number of nitrogens with zero attached hydrogens (tertiary/aromatic N) is 4. The van der Waals surface area contributed by atoms with E-state index in [1.165, 1.54) is 11.1 Å². The van der Waals surface area contributed by atoms with E-state index in [0.29, 0.717) is 18.3 Å². The smallest absolute Gasteiger partial charge is 0.249 e. The van der Waals surface area contributed by atoms with Gasteiger partial charge in [0, 0.05) is 23.9 Å². The lowest BCUT2D eigenvalue weighted by Crippen LogP contribution is -2.36. The second kappa shape index (κ2) is 10.6. The summed E-state index contributed by atoms with van der Waals surface area (Å²) in [6.07, 6.45) is 1.81. The van der Waals surface area contributed by atoms with Crippen molar-refractivity contribution in [1.82, 2.24) is 15.0 Å². The lowest BCUT2D eigenvalue weighted by molar-refractivity contribution is 0.284. The molecule has 0 spiro atoms. The molecule has 4 aromatic carbocycles. The first kappa shape index (κ1) is 24.0. The summed E-state index contributed by atoms with van der Waals surface area (Å²) in [6.45, 7) is 1.26.